The third-order valence-electron chi connectivity index (χ3n) is 2.20. The van der Waals surface area contributed by atoms with Gasteiger partial charge in [0.15, 0.2) is 0 Å². The first kappa shape index (κ1) is 13.9. The number of hydrogen-bond donors (Lipinski definition) is 3. The lowest BCUT2D eigenvalue weighted by Gasteiger charge is -2.08. The summed E-state index contributed by atoms with van der Waals surface area (Å²) in [5, 5.41) is 11.2. The van der Waals surface area contributed by atoms with Crippen LogP contribution in [-0.4, -0.2) is 24.2 Å². The largest absolute Gasteiger partial charge is 0.396 e. The minimum Gasteiger partial charge on any atom is -0.396 e. The van der Waals surface area contributed by atoms with Crippen LogP contribution >= 0.6 is 15.9 Å². The molecular formula is C11H14BrFN2O2. The number of anilines is 1. The highest BCUT2D eigenvalue weighted by molar-refractivity contribution is 9.10. The number of halogens is 2. The van der Waals surface area contributed by atoms with Crippen LogP contribution in [0.5, 0.6) is 0 Å². The van der Waals surface area contributed by atoms with E-state index in [4.69, 9.17) is 10.8 Å². The van der Waals surface area contributed by atoms with Crippen LogP contribution in [0.1, 0.15) is 23.2 Å². The lowest BCUT2D eigenvalue weighted by molar-refractivity contribution is 0.0951. The van der Waals surface area contributed by atoms with Crippen LogP contribution in [0.25, 0.3) is 0 Å². The molecule has 1 aromatic carbocycles. The fourth-order valence-electron chi connectivity index (χ4n) is 1.27. The third-order valence-corrected chi connectivity index (χ3v) is 2.86. The number of rotatable bonds is 5. The highest BCUT2D eigenvalue weighted by atomic mass is 79.9. The molecule has 94 valence electrons. The van der Waals surface area contributed by atoms with Gasteiger partial charge in [-0.25, -0.2) is 4.39 Å². The van der Waals surface area contributed by atoms with Gasteiger partial charge in [-0.05, 0) is 40.9 Å². The Kier molecular flexibility index (Phi) is 5.37. The van der Waals surface area contributed by atoms with Gasteiger partial charge in [0.1, 0.15) is 5.82 Å². The maximum atomic E-state index is 13.1. The van der Waals surface area contributed by atoms with Crippen LogP contribution in [0.4, 0.5) is 10.1 Å². The molecule has 0 aromatic heterocycles. The topological polar surface area (TPSA) is 75.4 Å². The molecule has 0 atom stereocenters. The Bertz CT molecular complexity index is 413. The summed E-state index contributed by atoms with van der Waals surface area (Å²) in [7, 11) is 0. The summed E-state index contributed by atoms with van der Waals surface area (Å²) in [5.74, 6) is -0.879. The van der Waals surface area contributed by atoms with Gasteiger partial charge in [0, 0.05) is 17.6 Å². The summed E-state index contributed by atoms with van der Waals surface area (Å²) in [4.78, 5) is 11.7. The van der Waals surface area contributed by atoms with Gasteiger partial charge in [-0.2, -0.15) is 0 Å². The predicted octanol–water partition coefficient (Wildman–Crippen LogP) is 1.67. The average Bonchev–Trinajstić information content (AvgIpc) is 2.29. The fraction of sp³-hybridized carbons (Fsp3) is 0.364. The molecule has 0 aliphatic rings. The zero-order valence-electron chi connectivity index (χ0n) is 9.17. The molecule has 17 heavy (non-hydrogen) atoms. The van der Waals surface area contributed by atoms with E-state index < -0.39 is 5.82 Å². The lowest BCUT2D eigenvalue weighted by atomic mass is 10.2. The molecule has 1 rings (SSSR count). The van der Waals surface area contributed by atoms with Crippen molar-refractivity contribution in [1.82, 2.24) is 5.32 Å². The second kappa shape index (κ2) is 6.56. The van der Waals surface area contributed by atoms with Crippen molar-refractivity contribution in [3.05, 3.63) is 28.0 Å². The zero-order chi connectivity index (χ0) is 12.8. The monoisotopic (exact) mass is 304 g/mol. The molecule has 6 heteroatoms. The quantitative estimate of drug-likeness (QED) is 0.572. The number of hydrogen-bond acceptors (Lipinski definition) is 3. The van der Waals surface area contributed by atoms with E-state index in [0.29, 0.717) is 29.4 Å². The molecule has 0 fully saturated rings. The number of amides is 1. The van der Waals surface area contributed by atoms with Crippen molar-refractivity contribution in [2.24, 2.45) is 0 Å². The van der Waals surface area contributed by atoms with Crippen molar-refractivity contribution in [1.29, 1.82) is 0 Å². The van der Waals surface area contributed by atoms with E-state index in [1.807, 2.05) is 0 Å². The molecule has 4 N–H and O–H groups in total. The van der Waals surface area contributed by atoms with Gasteiger partial charge in [0.25, 0.3) is 5.91 Å². The Morgan fingerprint density at radius 1 is 1.47 bits per heavy atom. The minimum absolute atomic E-state index is 0.0614. The molecule has 0 saturated carbocycles. The number of nitrogens with two attached hydrogens (primary N) is 1. The molecule has 1 aromatic rings. The lowest BCUT2D eigenvalue weighted by Crippen LogP contribution is -2.25. The van der Waals surface area contributed by atoms with Crippen LogP contribution in [0, 0.1) is 5.82 Å². The number of carbonyl (C=O) groups is 1. The number of aliphatic hydroxyl groups is 1. The highest BCUT2D eigenvalue weighted by Gasteiger charge is 2.12. The van der Waals surface area contributed by atoms with Crippen LogP contribution < -0.4 is 11.1 Å². The highest BCUT2D eigenvalue weighted by Crippen LogP contribution is 2.22. The summed E-state index contributed by atoms with van der Waals surface area (Å²) in [6, 6.07) is 2.46. The van der Waals surface area contributed by atoms with Crippen LogP contribution in [0.2, 0.25) is 0 Å². The van der Waals surface area contributed by atoms with E-state index >= 15 is 0 Å². The van der Waals surface area contributed by atoms with E-state index in [2.05, 4.69) is 21.2 Å². The Labute approximate surface area is 107 Å². The number of carbonyl (C=O) groups excluding carboxylic acids is 1. The summed E-state index contributed by atoms with van der Waals surface area (Å²) < 4.78 is 13.4. The Morgan fingerprint density at radius 3 is 2.82 bits per heavy atom. The number of nitrogen functional groups attached to an aromatic ring is 1. The summed E-state index contributed by atoms with van der Waals surface area (Å²) in [5.41, 5.74) is 5.63. The molecule has 0 saturated heterocycles. The second-order valence-electron chi connectivity index (χ2n) is 3.54. The zero-order valence-corrected chi connectivity index (χ0v) is 10.8. The molecule has 0 aliphatic heterocycles. The molecule has 0 heterocycles. The number of aliphatic hydroxyl groups excluding tert-OH is 1. The molecule has 0 bridgehead atoms. The predicted molar refractivity (Wildman–Crippen MR) is 67.2 cm³/mol. The second-order valence-corrected chi connectivity index (χ2v) is 4.39. The van der Waals surface area contributed by atoms with E-state index in [9.17, 15) is 9.18 Å². The Balaban J connectivity index is 2.66. The Morgan fingerprint density at radius 2 is 2.18 bits per heavy atom. The number of nitrogens with one attached hydrogen (secondary N) is 1. The van der Waals surface area contributed by atoms with Crippen LogP contribution in [0.3, 0.4) is 0 Å². The van der Waals surface area contributed by atoms with Gasteiger partial charge in [-0.1, -0.05) is 0 Å². The van der Waals surface area contributed by atoms with Gasteiger partial charge >= 0.3 is 0 Å². The van der Waals surface area contributed by atoms with E-state index in [1.165, 1.54) is 6.07 Å². The Hall–Kier alpha value is -1.14. The van der Waals surface area contributed by atoms with Crippen molar-refractivity contribution in [3.63, 3.8) is 0 Å². The molecule has 0 aliphatic carbocycles. The van der Waals surface area contributed by atoms with Crippen molar-refractivity contribution < 1.29 is 14.3 Å². The van der Waals surface area contributed by atoms with Crippen LogP contribution in [-0.2, 0) is 0 Å². The van der Waals surface area contributed by atoms with Gasteiger partial charge < -0.3 is 16.2 Å². The smallest absolute Gasteiger partial charge is 0.252 e. The fourth-order valence-corrected chi connectivity index (χ4v) is 1.77. The molecule has 4 nitrogen and oxygen atoms in total. The summed E-state index contributed by atoms with van der Waals surface area (Å²) >= 11 is 3.11. The first-order chi connectivity index (χ1) is 8.06. The van der Waals surface area contributed by atoms with Crippen LogP contribution in [0.15, 0.2) is 16.6 Å². The summed E-state index contributed by atoms with van der Waals surface area (Å²) in [6.45, 7) is 0.562. The maximum Gasteiger partial charge on any atom is 0.252 e. The SMILES string of the molecule is Nc1cc(C(=O)NCCCCO)c(Br)cc1F. The van der Waals surface area contributed by atoms with Gasteiger partial charge in [0.2, 0.25) is 0 Å². The molecule has 1 amide bonds. The number of unbranched alkanes of at least 4 members (excludes halogenated alkanes) is 1. The first-order valence-electron chi connectivity index (χ1n) is 5.20. The standard InChI is InChI=1S/C11H14BrFN2O2/c12-8-6-9(13)10(14)5-7(8)11(17)15-3-1-2-4-16/h5-6,16H,1-4,14H2,(H,15,17). The van der Waals surface area contributed by atoms with Gasteiger partial charge in [0.05, 0.1) is 11.3 Å². The minimum atomic E-state index is -0.561. The first-order valence-corrected chi connectivity index (χ1v) is 5.99. The third kappa shape index (κ3) is 3.98. The van der Waals surface area contributed by atoms with Crippen molar-refractivity contribution >= 4 is 27.5 Å². The normalized spacial score (nSPS) is 10.3. The molecule has 0 spiro atoms. The molecule has 0 unspecified atom stereocenters. The number of benzene rings is 1. The molecular weight excluding hydrogens is 291 g/mol. The van der Waals surface area contributed by atoms with E-state index in [1.54, 1.807) is 0 Å². The van der Waals surface area contributed by atoms with Crippen molar-refractivity contribution in [2.45, 2.75) is 12.8 Å². The van der Waals surface area contributed by atoms with E-state index in [0.717, 1.165) is 6.07 Å². The van der Waals surface area contributed by atoms with Crippen molar-refractivity contribution in [3.8, 4) is 0 Å². The maximum absolute atomic E-state index is 13.1. The van der Waals surface area contributed by atoms with Gasteiger partial charge in [-0.3, -0.25) is 4.79 Å². The van der Waals surface area contributed by atoms with Crippen molar-refractivity contribution in [2.75, 3.05) is 18.9 Å². The summed E-state index contributed by atoms with van der Waals surface area (Å²) in [6.07, 6.45) is 1.32. The molecule has 0 radical (unpaired) electrons. The average molecular weight is 305 g/mol. The van der Waals surface area contributed by atoms with Gasteiger partial charge in [-0.15, -0.1) is 0 Å². The van der Waals surface area contributed by atoms with E-state index in [-0.39, 0.29) is 18.2 Å².